The van der Waals surface area contributed by atoms with Crippen LogP contribution in [0.1, 0.15) is 65.9 Å². The first-order valence-electron chi connectivity index (χ1n) is 11.5. The quantitative estimate of drug-likeness (QED) is 0.500. The van der Waals surface area contributed by atoms with E-state index in [1.54, 1.807) is 24.3 Å². The zero-order chi connectivity index (χ0) is 23.2. The number of carbonyl (C=O) groups excluding carboxylic acids is 2. The summed E-state index contributed by atoms with van der Waals surface area (Å²) in [5, 5.41) is 3.16. The van der Waals surface area contributed by atoms with Crippen LogP contribution in [0.15, 0.2) is 71.3 Å². The molecule has 0 aliphatic heterocycles. The summed E-state index contributed by atoms with van der Waals surface area (Å²) in [6, 6.07) is 16.3. The number of nitrogens with one attached hydrogen (secondary N) is 1. The minimum Gasteiger partial charge on any atom is -0.459 e. The molecule has 1 heterocycles. The molecule has 1 unspecified atom stereocenters. The van der Waals surface area contributed by atoms with E-state index in [0.717, 1.165) is 48.8 Å². The Kier molecular flexibility index (Phi) is 7.23. The van der Waals surface area contributed by atoms with Gasteiger partial charge in [-0.3, -0.25) is 9.59 Å². The molecule has 0 radical (unpaired) electrons. The monoisotopic (exact) mass is 448 g/mol. The van der Waals surface area contributed by atoms with Gasteiger partial charge in [0.2, 0.25) is 5.91 Å². The van der Waals surface area contributed by atoms with E-state index in [9.17, 15) is 14.0 Å². The Balaban J connectivity index is 1.73. The molecule has 1 aliphatic rings. The van der Waals surface area contributed by atoms with E-state index < -0.39 is 11.9 Å². The number of nitrogens with zero attached hydrogens (tertiary/aromatic N) is 1. The van der Waals surface area contributed by atoms with Crippen LogP contribution < -0.4 is 5.32 Å². The molecule has 0 bridgehead atoms. The first kappa shape index (κ1) is 22.8. The second kappa shape index (κ2) is 10.5. The van der Waals surface area contributed by atoms with E-state index >= 15 is 0 Å². The third-order valence-corrected chi connectivity index (χ3v) is 6.22. The normalized spacial score (nSPS) is 14.7. The standard InChI is InChI=1S/C27H29FN2O3/c1-2-19-9-13-21(14-10-19)25(26(31)29-23-6-3-4-7-23)30(27(32)24-8-5-17-33-24)18-20-11-15-22(28)16-12-20/h5,8-17,23,25H,2-4,6-7,18H2,1H3,(H,29,31). The molecule has 2 aromatic carbocycles. The van der Waals surface area contributed by atoms with Gasteiger partial charge in [-0.25, -0.2) is 4.39 Å². The molecule has 1 aromatic heterocycles. The molecule has 1 aliphatic carbocycles. The fourth-order valence-electron chi connectivity index (χ4n) is 4.37. The number of benzene rings is 2. The molecule has 1 atom stereocenters. The van der Waals surface area contributed by atoms with Crippen LogP contribution in [0, 0.1) is 5.82 Å². The number of halogens is 1. The third kappa shape index (κ3) is 5.51. The smallest absolute Gasteiger partial charge is 0.290 e. The highest BCUT2D eigenvalue weighted by Gasteiger charge is 2.34. The van der Waals surface area contributed by atoms with Crippen LogP contribution in [0.4, 0.5) is 4.39 Å². The molecule has 3 aromatic rings. The molecule has 1 N–H and O–H groups in total. The summed E-state index contributed by atoms with van der Waals surface area (Å²) in [4.78, 5) is 28.7. The van der Waals surface area contributed by atoms with Gasteiger partial charge in [-0.15, -0.1) is 0 Å². The summed E-state index contributed by atoms with van der Waals surface area (Å²) in [6.45, 7) is 2.21. The van der Waals surface area contributed by atoms with Gasteiger partial charge in [-0.05, 0) is 60.2 Å². The van der Waals surface area contributed by atoms with Crippen molar-refractivity contribution in [2.24, 2.45) is 0 Å². The number of hydrogen-bond donors (Lipinski definition) is 1. The fourth-order valence-corrected chi connectivity index (χ4v) is 4.37. The van der Waals surface area contributed by atoms with Crippen LogP contribution in [0.25, 0.3) is 0 Å². The Hall–Kier alpha value is -3.41. The van der Waals surface area contributed by atoms with Crippen LogP contribution in [-0.4, -0.2) is 22.8 Å². The summed E-state index contributed by atoms with van der Waals surface area (Å²) in [7, 11) is 0. The topological polar surface area (TPSA) is 62.6 Å². The van der Waals surface area contributed by atoms with Gasteiger partial charge in [0.1, 0.15) is 11.9 Å². The van der Waals surface area contributed by atoms with E-state index in [2.05, 4.69) is 12.2 Å². The number of aryl methyl sites for hydroxylation is 1. The Labute approximate surface area is 193 Å². The average Bonchev–Trinajstić information content (AvgIpc) is 3.54. The van der Waals surface area contributed by atoms with Gasteiger partial charge in [-0.1, -0.05) is 56.2 Å². The molecule has 1 fully saturated rings. The van der Waals surface area contributed by atoms with Crippen molar-refractivity contribution in [3.05, 3.63) is 95.2 Å². The summed E-state index contributed by atoms with van der Waals surface area (Å²) >= 11 is 0. The van der Waals surface area contributed by atoms with Crippen LogP contribution in [0.2, 0.25) is 0 Å². The van der Waals surface area contributed by atoms with Crippen LogP contribution >= 0.6 is 0 Å². The van der Waals surface area contributed by atoms with Gasteiger partial charge in [-0.2, -0.15) is 0 Å². The van der Waals surface area contributed by atoms with Gasteiger partial charge in [0.05, 0.1) is 6.26 Å². The highest BCUT2D eigenvalue weighted by atomic mass is 19.1. The Morgan fingerprint density at radius 3 is 2.30 bits per heavy atom. The number of amides is 2. The Morgan fingerprint density at radius 2 is 1.70 bits per heavy atom. The average molecular weight is 449 g/mol. The van der Waals surface area contributed by atoms with E-state index in [1.165, 1.54) is 23.3 Å². The van der Waals surface area contributed by atoms with Crippen molar-refractivity contribution in [3.8, 4) is 0 Å². The summed E-state index contributed by atoms with van der Waals surface area (Å²) in [6.07, 6.45) is 6.38. The van der Waals surface area contributed by atoms with Gasteiger partial charge in [0, 0.05) is 12.6 Å². The maximum atomic E-state index is 13.6. The van der Waals surface area contributed by atoms with Gasteiger partial charge >= 0.3 is 0 Å². The van der Waals surface area contributed by atoms with E-state index in [1.807, 2.05) is 24.3 Å². The maximum absolute atomic E-state index is 13.6. The molecule has 172 valence electrons. The number of rotatable bonds is 8. The Bertz CT molecular complexity index is 1060. The third-order valence-electron chi connectivity index (χ3n) is 6.22. The first-order valence-corrected chi connectivity index (χ1v) is 11.5. The van der Waals surface area contributed by atoms with Gasteiger partial charge in [0.15, 0.2) is 5.76 Å². The van der Waals surface area contributed by atoms with Crippen molar-refractivity contribution in [1.82, 2.24) is 10.2 Å². The van der Waals surface area contributed by atoms with Crippen molar-refractivity contribution in [2.45, 2.75) is 57.7 Å². The van der Waals surface area contributed by atoms with Crippen molar-refractivity contribution in [3.63, 3.8) is 0 Å². The Morgan fingerprint density at radius 1 is 1.03 bits per heavy atom. The van der Waals surface area contributed by atoms with Crippen LogP contribution in [0.3, 0.4) is 0 Å². The van der Waals surface area contributed by atoms with Gasteiger partial charge < -0.3 is 14.6 Å². The molecule has 1 saturated carbocycles. The highest BCUT2D eigenvalue weighted by Crippen LogP contribution is 2.28. The summed E-state index contributed by atoms with van der Waals surface area (Å²) < 4.78 is 18.9. The predicted molar refractivity (Wildman–Crippen MR) is 124 cm³/mol. The zero-order valence-corrected chi connectivity index (χ0v) is 18.8. The second-order valence-electron chi connectivity index (χ2n) is 8.52. The largest absolute Gasteiger partial charge is 0.459 e. The molecule has 33 heavy (non-hydrogen) atoms. The minimum atomic E-state index is -0.848. The van der Waals surface area contributed by atoms with Crippen molar-refractivity contribution >= 4 is 11.8 Å². The SMILES string of the molecule is CCc1ccc(C(C(=O)NC2CCCC2)N(Cc2ccc(F)cc2)C(=O)c2ccco2)cc1. The lowest BCUT2D eigenvalue weighted by atomic mass is 10.00. The fraction of sp³-hybridized carbons (Fsp3) is 0.333. The molecule has 0 saturated heterocycles. The molecule has 2 amide bonds. The highest BCUT2D eigenvalue weighted by molar-refractivity contribution is 5.96. The number of carbonyl (C=O) groups is 2. The number of furan rings is 1. The molecular formula is C27H29FN2O3. The van der Waals surface area contributed by atoms with Crippen molar-refractivity contribution in [2.75, 3.05) is 0 Å². The van der Waals surface area contributed by atoms with Crippen molar-refractivity contribution in [1.29, 1.82) is 0 Å². The molecule has 6 heteroatoms. The second-order valence-corrected chi connectivity index (χ2v) is 8.52. The summed E-state index contributed by atoms with van der Waals surface area (Å²) in [5.41, 5.74) is 2.60. The lowest BCUT2D eigenvalue weighted by Gasteiger charge is -2.32. The van der Waals surface area contributed by atoms with Crippen LogP contribution in [-0.2, 0) is 17.8 Å². The van der Waals surface area contributed by atoms with E-state index in [4.69, 9.17) is 4.42 Å². The van der Waals surface area contributed by atoms with E-state index in [0.29, 0.717) is 0 Å². The molecule has 0 spiro atoms. The molecular weight excluding hydrogens is 419 g/mol. The van der Waals surface area contributed by atoms with Gasteiger partial charge in [0.25, 0.3) is 5.91 Å². The van der Waals surface area contributed by atoms with Crippen molar-refractivity contribution < 1.29 is 18.4 Å². The maximum Gasteiger partial charge on any atom is 0.290 e. The number of hydrogen-bond acceptors (Lipinski definition) is 3. The van der Waals surface area contributed by atoms with Crippen LogP contribution in [0.5, 0.6) is 0 Å². The summed E-state index contributed by atoms with van der Waals surface area (Å²) in [5.74, 6) is -0.807. The van der Waals surface area contributed by atoms with E-state index in [-0.39, 0.29) is 30.1 Å². The molecule has 4 rings (SSSR count). The lowest BCUT2D eigenvalue weighted by Crippen LogP contribution is -2.45. The molecule has 5 nitrogen and oxygen atoms in total. The minimum absolute atomic E-state index is 0.112. The predicted octanol–water partition coefficient (Wildman–Crippen LogP) is 5.42. The first-order chi connectivity index (χ1) is 16.0. The zero-order valence-electron chi connectivity index (χ0n) is 18.8. The lowest BCUT2D eigenvalue weighted by molar-refractivity contribution is -0.126.